The normalized spacial score (nSPS) is 10.2. The van der Waals surface area contributed by atoms with Crippen molar-refractivity contribution in [1.29, 1.82) is 0 Å². The van der Waals surface area contributed by atoms with Crippen LogP contribution in [-0.2, 0) is 17.8 Å². The number of benzene rings is 1. The Labute approximate surface area is 114 Å². The SMILES string of the molecule is CNc1nc(CNC(=O)Cc2ccccc2F)cs1. The molecule has 2 rings (SSSR count). The number of rotatable bonds is 5. The van der Waals surface area contributed by atoms with E-state index >= 15 is 0 Å². The van der Waals surface area contributed by atoms with Crippen LogP contribution in [0.2, 0.25) is 0 Å². The van der Waals surface area contributed by atoms with E-state index in [-0.39, 0.29) is 18.1 Å². The Hall–Kier alpha value is -1.95. The van der Waals surface area contributed by atoms with Gasteiger partial charge in [-0.2, -0.15) is 0 Å². The van der Waals surface area contributed by atoms with Crippen LogP contribution in [0.5, 0.6) is 0 Å². The standard InChI is InChI=1S/C13H14FN3OS/c1-15-13-17-10(8-19-13)7-16-12(18)6-9-4-2-3-5-11(9)14/h2-5,8H,6-7H2,1H3,(H,15,17)(H,16,18). The Morgan fingerprint density at radius 3 is 2.89 bits per heavy atom. The van der Waals surface area contributed by atoms with Gasteiger partial charge < -0.3 is 10.6 Å². The highest BCUT2D eigenvalue weighted by Crippen LogP contribution is 2.14. The van der Waals surface area contributed by atoms with E-state index in [0.29, 0.717) is 12.1 Å². The summed E-state index contributed by atoms with van der Waals surface area (Å²) in [4.78, 5) is 15.9. The third-order valence-electron chi connectivity index (χ3n) is 2.54. The molecule has 1 aromatic heterocycles. The molecule has 1 amide bonds. The second-order valence-electron chi connectivity index (χ2n) is 3.94. The number of anilines is 1. The number of nitrogens with zero attached hydrogens (tertiary/aromatic N) is 1. The van der Waals surface area contributed by atoms with E-state index in [9.17, 15) is 9.18 Å². The smallest absolute Gasteiger partial charge is 0.224 e. The molecule has 2 N–H and O–H groups in total. The Kier molecular flexibility index (Phi) is 4.46. The molecule has 0 radical (unpaired) electrons. The van der Waals surface area contributed by atoms with Crippen LogP contribution in [0.4, 0.5) is 9.52 Å². The molecule has 19 heavy (non-hydrogen) atoms. The predicted octanol–water partition coefficient (Wildman–Crippen LogP) is 2.18. The lowest BCUT2D eigenvalue weighted by atomic mass is 10.1. The lowest BCUT2D eigenvalue weighted by Crippen LogP contribution is -2.25. The van der Waals surface area contributed by atoms with Crippen molar-refractivity contribution in [2.24, 2.45) is 0 Å². The molecule has 0 fully saturated rings. The second kappa shape index (κ2) is 6.29. The lowest BCUT2D eigenvalue weighted by molar-refractivity contribution is -0.120. The first kappa shape index (κ1) is 13.5. The van der Waals surface area contributed by atoms with Gasteiger partial charge in [0.25, 0.3) is 0 Å². The maximum atomic E-state index is 13.4. The largest absolute Gasteiger partial charge is 0.365 e. The summed E-state index contributed by atoms with van der Waals surface area (Å²) in [6.45, 7) is 0.353. The summed E-state index contributed by atoms with van der Waals surface area (Å²) in [5.74, 6) is -0.576. The number of nitrogens with one attached hydrogen (secondary N) is 2. The zero-order valence-corrected chi connectivity index (χ0v) is 11.3. The van der Waals surface area contributed by atoms with E-state index in [1.807, 2.05) is 5.38 Å². The maximum Gasteiger partial charge on any atom is 0.224 e. The summed E-state index contributed by atoms with van der Waals surface area (Å²) in [7, 11) is 1.79. The van der Waals surface area contributed by atoms with Crippen molar-refractivity contribution in [2.45, 2.75) is 13.0 Å². The number of hydrogen-bond donors (Lipinski definition) is 2. The van der Waals surface area contributed by atoms with Crippen molar-refractivity contribution < 1.29 is 9.18 Å². The molecule has 0 spiro atoms. The van der Waals surface area contributed by atoms with Crippen molar-refractivity contribution in [3.8, 4) is 0 Å². The molecule has 0 aliphatic rings. The first-order valence-corrected chi connectivity index (χ1v) is 6.69. The number of amides is 1. The summed E-state index contributed by atoms with van der Waals surface area (Å²) in [5, 5.41) is 8.32. The third kappa shape index (κ3) is 3.75. The first-order valence-electron chi connectivity index (χ1n) is 5.81. The van der Waals surface area contributed by atoms with E-state index in [1.54, 1.807) is 25.2 Å². The predicted molar refractivity (Wildman–Crippen MR) is 73.6 cm³/mol. The van der Waals surface area contributed by atoms with Crippen molar-refractivity contribution in [3.63, 3.8) is 0 Å². The van der Waals surface area contributed by atoms with E-state index in [1.165, 1.54) is 17.4 Å². The zero-order valence-electron chi connectivity index (χ0n) is 10.4. The lowest BCUT2D eigenvalue weighted by Gasteiger charge is -2.04. The minimum atomic E-state index is -0.358. The van der Waals surface area contributed by atoms with Crippen molar-refractivity contribution in [3.05, 3.63) is 46.7 Å². The molecular formula is C13H14FN3OS. The Balaban J connectivity index is 1.86. The van der Waals surface area contributed by atoms with Crippen LogP contribution in [-0.4, -0.2) is 17.9 Å². The fourth-order valence-electron chi connectivity index (χ4n) is 1.57. The number of aromatic nitrogens is 1. The van der Waals surface area contributed by atoms with E-state index < -0.39 is 0 Å². The van der Waals surface area contributed by atoms with E-state index in [0.717, 1.165) is 10.8 Å². The van der Waals surface area contributed by atoms with Crippen molar-refractivity contribution >= 4 is 22.4 Å². The average molecular weight is 279 g/mol. The van der Waals surface area contributed by atoms with Crippen LogP contribution in [0.3, 0.4) is 0 Å². The molecule has 2 aromatic rings. The minimum Gasteiger partial charge on any atom is -0.365 e. The van der Waals surface area contributed by atoms with Crippen LogP contribution < -0.4 is 10.6 Å². The summed E-state index contributed by atoms with van der Waals surface area (Å²) in [5.41, 5.74) is 1.19. The van der Waals surface area contributed by atoms with E-state index in [4.69, 9.17) is 0 Å². The molecule has 6 heteroatoms. The highest BCUT2D eigenvalue weighted by molar-refractivity contribution is 7.13. The fraction of sp³-hybridized carbons (Fsp3) is 0.231. The van der Waals surface area contributed by atoms with Crippen LogP contribution in [0.15, 0.2) is 29.6 Å². The zero-order chi connectivity index (χ0) is 13.7. The van der Waals surface area contributed by atoms with Gasteiger partial charge in [-0.05, 0) is 11.6 Å². The molecule has 0 aliphatic carbocycles. The van der Waals surface area contributed by atoms with Gasteiger partial charge in [0, 0.05) is 12.4 Å². The van der Waals surface area contributed by atoms with Crippen LogP contribution >= 0.6 is 11.3 Å². The molecule has 4 nitrogen and oxygen atoms in total. The summed E-state index contributed by atoms with van der Waals surface area (Å²) >= 11 is 1.47. The Bertz CT molecular complexity index is 571. The number of thiazole rings is 1. The van der Waals surface area contributed by atoms with Gasteiger partial charge in [0.1, 0.15) is 5.82 Å². The number of carbonyl (C=O) groups is 1. The number of carbonyl (C=O) groups excluding carboxylic acids is 1. The third-order valence-corrected chi connectivity index (χ3v) is 3.45. The maximum absolute atomic E-state index is 13.4. The summed E-state index contributed by atoms with van der Waals surface area (Å²) in [6.07, 6.45) is 0.0374. The summed E-state index contributed by atoms with van der Waals surface area (Å²) in [6, 6.07) is 6.27. The van der Waals surface area contributed by atoms with Crippen LogP contribution in [0.1, 0.15) is 11.3 Å². The minimum absolute atomic E-state index is 0.0374. The van der Waals surface area contributed by atoms with Gasteiger partial charge in [-0.3, -0.25) is 4.79 Å². The number of halogens is 1. The van der Waals surface area contributed by atoms with Crippen molar-refractivity contribution in [2.75, 3.05) is 12.4 Å². The Morgan fingerprint density at radius 2 is 2.21 bits per heavy atom. The quantitative estimate of drug-likeness (QED) is 0.882. The monoisotopic (exact) mass is 279 g/mol. The Morgan fingerprint density at radius 1 is 1.42 bits per heavy atom. The average Bonchev–Trinajstić information content (AvgIpc) is 2.87. The molecule has 1 heterocycles. The first-order chi connectivity index (χ1) is 9.19. The molecule has 1 aromatic carbocycles. The molecular weight excluding hydrogens is 265 g/mol. The van der Waals surface area contributed by atoms with Gasteiger partial charge in [0.15, 0.2) is 5.13 Å². The summed E-state index contributed by atoms with van der Waals surface area (Å²) < 4.78 is 13.4. The van der Waals surface area contributed by atoms with Gasteiger partial charge in [0.2, 0.25) is 5.91 Å². The van der Waals surface area contributed by atoms with Gasteiger partial charge in [-0.15, -0.1) is 11.3 Å². The topological polar surface area (TPSA) is 54.0 Å². The van der Waals surface area contributed by atoms with Gasteiger partial charge in [0.05, 0.1) is 18.7 Å². The molecule has 0 unspecified atom stereocenters. The van der Waals surface area contributed by atoms with Gasteiger partial charge in [-0.1, -0.05) is 18.2 Å². The molecule has 0 saturated heterocycles. The van der Waals surface area contributed by atoms with E-state index in [2.05, 4.69) is 15.6 Å². The second-order valence-corrected chi connectivity index (χ2v) is 4.80. The highest BCUT2D eigenvalue weighted by Gasteiger charge is 2.08. The van der Waals surface area contributed by atoms with Crippen LogP contribution in [0, 0.1) is 5.82 Å². The van der Waals surface area contributed by atoms with Crippen LogP contribution in [0.25, 0.3) is 0 Å². The highest BCUT2D eigenvalue weighted by atomic mass is 32.1. The molecule has 0 atom stereocenters. The van der Waals surface area contributed by atoms with Gasteiger partial charge in [-0.25, -0.2) is 9.37 Å². The number of hydrogen-bond acceptors (Lipinski definition) is 4. The fourth-order valence-corrected chi connectivity index (χ4v) is 2.24. The van der Waals surface area contributed by atoms with Gasteiger partial charge >= 0.3 is 0 Å². The van der Waals surface area contributed by atoms with Crippen molar-refractivity contribution in [1.82, 2.24) is 10.3 Å². The molecule has 0 aliphatic heterocycles. The molecule has 100 valence electrons. The molecule has 0 bridgehead atoms. The molecule has 0 saturated carbocycles.